The lowest BCUT2D eigenvalue weighted by Gasteiger charge is -2.17. The molecular weight excluding hydrogens is 282 g/mol. The van der Waals surface area contributed by atoms with Crippen molar-refractivity contribution in [2.24, 2.45) is 11.7 Å². The van der Waals surface area contributed by atoms with Gasteiger partial charge in [0.2, 0.25) is 0 Å². The fourth-order valence-electron chi connectivity index (χ4n) is 1.35. The molecule has 2 atom stereocenters. The predicted molar refractivity (Wildman–Crippen MR) is 71.4 cm³/mol. The van der Waals surface area contributed by atoms with Crippen molar-refractivity contribution in [3.63, 3.8) is 0 Å². The number of halogens is 1. The first-order chi connectivity index (χ1) is 8.06. The molecule has 94 valence electrons. The molecule has 1 aromatic carbocycles. The summed E-state index contributed by atoms with van der Waals surface area (Å²) in [6, 6.07) is 7.11. The third-order valence-corrected chi connectivity index (χ3v) is 3.63. The highest BCUT2D eigenvalue weighted by Gasteiger charge is 2.20. The number of esters is 1. The van der Waals surface area contributed by atoms with Gasteiger partial charge < -0.3 is 10.5 Å². The number of hydrogen-bond acceptors (Lipinski definition) is 3. The predicted octanol–water partition coefficient (Wildman–Crippen LogP) is 2.87. The fourth-order valence-corrected chi connectivity index (χ4v) is 1.75. The van der Waals surface area contributed by atoms with Crippen LogP contribution >= 0.6 is 15.9 Å². The van der Waals surface area contributed by atoms with Crippen molar-refractivity contribution < 1.29 is 9.53 Å². The second-order valence-corrected chi connectivity index (χ2v) is 4.96. The normalized spacial score (nSPS) is 14.1. The number of nitrogens with two attached hydrogens (primary N) is 1. The SMILES string of the molecule is CCC(C)[C@H](N)C(=O)OCc1ccccc1Br. The van der Waals surface area contributed by atoms with Gasteiger partial charge in [-0.2, -0.15) is 0 Å². The molecule has 2 N–H and O–H groups in total. The Morgan fingerprint density at radius 3 is 2.71 bits per heavy atom. The summed E-state index contributed by atoms with van der Waals surface area (Å²) >= 11 is 3.40. The van der Waals surface area contributed by atoms with Crippen LogP contribution in [0.3, 0.4) is 0 Å². The molecule has 0 spiro atoms. The Morgan fingerprint density at radius 1 is 1.47 bits per heavy atom. The molecule has 0 aliphatic heterocycles. The van der Waals surface area contributed by atoms with Crippen LogP contribution in [0.15, 0.2) is 28.7 Å². The standard InChI is InChI=1S/C13H18BrNO2/c1-3-9(2)12(15)13(16)17-8-10-6-4-5-7-11(10)14/h4-7,9,12H,3,8,15H2,1-2H3/t9?,12-/m0/s1. The van der Waals surface area contributed by atoms with Crippen LogP contribution in [-0.2, 0) is 16.1 Å². The molecule has 1 rings (SSSR count). The molecule has 0 saturated heterocycles. The molecular formula is C13H18BrNO2. The largest absolute Gasteiger partial charge is 0.460 e. The summed E-state index contributed by atoms with van der Waals surface area (Å²) in [6.07, 6.45) is 0.866. The summed E-state index contributed by atoms with van der Waals surface area (Å²) in [5.74, 6) is -0.197. The topological polar surface area (TPSA) is 52.3 Å². The number of carbonyl (C=O) groups excluding carboxylic acids is 1. The first kappa shape index (κ1) is 14.2. The maximum Gasteiger partial charge on any atom is 0.323 e. The van der Waals surface area contributed by atoms with Crippen LogP contribution in [0, 0.1) is 5.92 Å². The molecule has 3 nitrogen and oxygen atoms in total. The average Bonchev–Trinajstić information content (AvgIpc) is 2.35. The number of carbonyl (C=O) groups is 1. The second kappa shape index (κ2) is 6.77. The van der Waals surface area contributed by atoms with Crippen molar-refractivity contribution in [3.8, 4) is 0 Å². The molecule has 0 amide bonds. The summed E-state index contributed by atoms with van der Waals surface area (Å²) in [7, 11) is 0. The molecule has 0 saturated carbocycles. The van der Waals surface area contributed by atoms with E-state index in [0.29, 0.717) is 0 Å². The third kappa shape index (κ3) is 4.13. The van der Waals surface area contributed by atoms with Crippen molar-refractivity contribution in [1.82, 2.24) is 0 Å². The van der Waals surface area contributed by atoms with E-state index < -0.39 is 6.04 Å². The van der Waals surface area contributed by atoms with E-state index in [-0.39, 0.29) is 18.5 Å². The first-order valence-corrected chi connectivity index (χ1v) is 6.51. The Hall–Kier alpha value is -0.870. The molecule has 1 unspecified atom stereocenters. The molecule has 1 aromatic rings. The monoisotopic (exact) mass is 299 g/mol. The smallest absolute Gasteiger partial charge is 0.323 e. The quantitative estimate of drug-likeness (QED) is 0.851. The molecule has 0 fully saturated rings. The van der Waals surface area contributed by atoms with Crippen molar-refractivity contribution in [2.45, 2.75) is 32.9 Å². The average molecular weight is 300 g/mol. The minimum absolute atomic E-state index is 0.140. The van der Waals surface area contributed by atoms with E-state index in [4.69, 9.17) is 10.5 Å². The van der Waals surface area contributed by atoms with E-state index in [9.17, 15) is 4.79 Å². The van der Waals surface area contributed by atoms with Crippen LogP contribution in [0.5, 0.6) is 0 Å². The molecule has 4 heteroatoms. The lowest BCUT2D eigenvalue weighted by molar-refractivity contribution is -0.147. The van der Waals surface area contributed by atoms with Crippen molar-refractivity contribution in [2.75, 3.05) is 0 Å². The fraction of sp³-hybridized carbons (Fsp3) is 0.462. The van der Waals surface area contributed by atoms with Gasteiger partial charge in [-0.25, -0.2) is 0 Å². The maximum atomic E-state index is 11.7. The van der Waals surface area contributed by atoms with Gasteiger partial charge in [0, 0.05) is 10.0 Å². The van der Waals surface area contributed by atoms with Crippen LogP contribution in [0.2, 0.25) is 0 Å². The Balaban J connectivity index is 2.51. The van der Waals surface area contributed by atoms with E-state index in [1.54, 1.807) is 0 Å². The van der Waals surface area contributed by atoms with Gasteiger partial charge in [0.25, 0.3) is 0 Å². The van der Waals surface area contributed by atoms with Crippen LogP contribution in [0.25, 0.3) is 0 Å². The molecule has 0 aliphatic carbocycles. The van der Waals surface area contributed by atoms with Crippen LogP contribution in [0.1, 0.15) is 25.8 Å². The van der Waals surface area contributed by atoms with Crippen molar-refractivity contribution >= 4 is 21.9 Å². The molecule has 0 heterocycles. The second-order valence-electron chi connectivity index (χ2n) is 4.11. The molecule has 17 heavy (non-hydrogen) atoms. The Morgan fingerprint density at radius 2 is 2.12 bits per heavy atom. The molecule has 0 bridgehead atoms. The first-order valence-electron chi connectivity index (χ1n) is 5.71. The van der Waals surface area contributed by atoms with Crippen LogP contribution < -0.4 is 5.73 Å². The highest BCUT2D eigenvalue weighted by atomic mass is 79.9. The third-order valence-electron chi connectivity index (χ3n) is 2.86. The van der Waals surface area contributed by atoms with Gasteiger partial charge in [0.15, 0.2) is 0 Å². The highest BCUT2D eigenvalue weighted by molar-refractivity contribution is 9.10. The summed E-state index contributed by atoms with van der Waals surface area (Å²) < 4.78 is 6.13. The van der Waals surface area contributed by atoms with Gasteiger partial charge in [-0.3, -0.25) is 4.79 Å². The zero-order valence-electron chi connectivity index (χ0n) is 10.2. The molecule has 0 radical (unpaired) electrons. The summed E-state index contributed by atoms with van der Waals surface area (Å²) in [4.78, 5) is 11.7. The van der Waals surface area contributed by atoms with Gasteiger partial charge in [0.1, 0.15) is 12.6 Å². The van der Waals surface area contributed by atoms with E-state index >= 15 is 0 Å². The minimum Gasteiger partial charge on any atom is -0.460 e. The Labute approximate surface area is 110 Å². The summed E-state index contributed by atoms with van der Waals surface area (Å²) in [5.41, 5.74) is 6.73. The number of benzene rings is 1. The van der Waals surface area contributed by atoms with Gasteiger partial charge in [-0.05, 0) is 12.0 Å². The zero-order valence-corrected chi connectivity index (χ0v) is 11.7. The number of hydrogen-bond donors (Lipinski definition) is 1. The lowest BCUT2D eigenvalue weighted by Crippen LogP contribution is -2.37. The minimum atomic E-state index is -0.539. The van der Waals surface area contributed by atoms with Crippen molar-refractivity contribution in [3.05, 3.63) is 34.3 Å². The van der Waals surface area contributed by atoms with E-state index in [1.807, 2.05) is 38.1 Å². The highest BCUT2D eigenvalue weighted by Crippen LogP contribution is 2.17. The summed E-state index contributed by atoms with van der Waals surface area (Å²) in [5, 5.41) is 0. The van der Waals surface area contributed by atoms with Gasteiger partial charge >= 0.3 is 5.97 Å². The van der Waals surface area contributed by atoms with Gasteiger partial charge in [0.05, 0.1) is 0 Å². The Kier molecular flexibility index (Phi) is 5.65. The number of ether oxygens (including phenoxy) is 1. The molecule has 0 aromatic heterocycles. The van der Waals surface area contributed by atoms with Gasteiger partial charge in [-0.15, -0.1) is 0 Å². The Bertz CT molecular complexity index is 381. The lowest BCUT2D eigenvalue weighted by atomic mass is 10.0. The van der Waals surface area contributed by atoms with Crippen LogP contribution in [-0.4, -0.2) is 12.0 Å². The number of rotatable bonds is 5. The van der Waals surface area contributed by atoms with Crippen molar-refractivity contribution in [1.29, 1.82) is 0 Å². The molecule has 0 aliphatic rings. The zero-order chi connectivity index (χ0) is 12.8. The van der Waals surface area contributed by atoms with Crippen LogP contribution in [0.4, 0.5) is 0 Å². The van der Waals surface area contributed by atoms with Gasteiger partial charge in [-0.1, -0.05) is 54.4 Å². The van der Waals surface area contributed by atoms with E-state index in [2.05, 4.69) is 15.9 Å². The van der Waals surface area contributed by atoms with E-state index in [0.717, 1.165) is 16.5 Å². The van der Waals surface area contributed by atoms with E-state index in [1.165, 1.54) is 0 Å². The summed E-state index contributed by atoms with van der Waals surface area (Å²) in [6.45, 7) is 4.21. The maximum absolute atomic E-state index is 11.7.